The Hall–Kier alpha value is -4.97. The van der Waals surface area contributed by atoms with Gasteiger partial charge in [0.2, 0.25) is 5.91 Å². The van der Waals surface area contributed by atoms with Crippen LogP contribution in [-0.4, -0.2) is 87.1 Å². The summed E-state index contributed by atoms with van der Waals surface area (Å²) in [5.41, 5.74) is 5.15. The third kappa shape index (κ3) is 12.9. The van der Waals surface area contributed by atoms with E-state index in [-0.39, 0.29) is 11.9 Å². The lowest BCUT2D eigenvalue weighted by atomic mass is 9.90. The van der Waals surface area contributed by atoms with Crippen molar-refractivity contribution in [3.63, 3.8) is 0 Å². The number of nitrogens with one attached hydrogen (secondary N) is 2. The van der Waals surface area contributed by atoms with Gasteiger partial charge < -0.3 is 25.2 Å². The van der Waals surface area contributed by atoms with E-state index < -0.39 is 36.1 Å². The normalized spacial score (nSPS) is 16.3. The van der Waals surface area contributed by atoms with Crippen LogP contribution in [0.25, 0.3) is 10.9 Å². The number of amides is 2. The van der Waals surface area contributed by atoms with Gasteiger partial charge in [0.25, 0.3) is 5.91 Å². The molecule has 0 aliphatic carbocycles. The number of hydrogen-bond donors (Lipinski definition) is 5. The summed E-state index contributed by atoms with van der Waals surface area (Å²) in [6, 6.07) is 16.6. The molecule has 49 heavy (non-hydrogen) atoms. The molecule has 1 aliphatic heterocycles. The predicted octanol–water partition coefficient (Wildman–Crippen LogP) is 4.72. The van der Waals surface area contributed by atoms with Gasteiger partial charge in [0.1, 0.15) is 12.4 Å². The summed E-state index contributed by atoms with van der Waals surface area (Å²) in [5.74, 6) is -6.05. The van der Waals surface area contributed by atoms with Crippen LogP contribution in [0, 0.1) is 12.8 Å². The maximum atomic E-state index is 12.9. The number of benzene rings is 2. The molecule has 268 valence electrons. The molecular weight excluding hydrogens is 670 g/mol. The van der Waals surface area contributed by atoms with Gasteiger partial charge in [-0.1, -0.05) is 25.1 Å². The van der Waals surface area contributed by atoms with Crippen molar-refractivity contribution in [2.75, 3.05) is 19.6 Å². The highest BCUT2D eigenvalue weighted by Gasteiger charge is 2.39. The number of pyridine rings is 1. The summed E-state index contributed by atoms with van der Waals surface area (Å²) < 4.78 is 69.5. The molecule has 12 nitrogen and oxygen atoms in total. The number of halogens is 6. The Balaban J connectivity index is 0.000000500. The van der Waals surface area contributed by atoms with Gasteiger partial charge in [0.15, 0.2) is 0 Å². The Morgan fingerprint density at radius 1 is 0.959 bits per heavy atom. The summed E-state index contributed by atoms with van der Waals surface area (Å²) in [7, 11) is 0. The molecule has 18 heteroatoms. The van der Waals surface area contributed by atoms with Crippen LogP contribution in [0.3, 0.4) is 0 Å². The van der Waals surface area contributed by atoms with E-state index in [9.17, 15) is 35.9 Å². The molecule has 5 N–H and O–H groups in total. The van der Waals surface area contributed by atoms with Crippen LogP contribution in [0.15, 0.2) is 54.6 Å². The molecule has 0 radical (unpaired) electrons. The van der Waals surface area contributed by atoms with E-state index in [1.54, 1.807) is 29.7 Å². The maximum Gasteiger partial charge on any atom is 0.490 e. The van der Waals surface area contributed by atoms with E-state index in [2.05, 4.69) is 22.1 Å². The van der Waals surface area contributed by atoms with Gasteiger partial charge in [0, 0.05) is 28.8 Å². The first-order valence-corrected chi connectivity index (χ1v) is 14.5. The number of carboxylic acid groups (broad SMARTS) is 2. The molecular formula is C31H34F6N4O8. The van der Waals surface area contributed by atoms with Crippen LogP contribution in [0.5, 0.6) is 5.75 Å². The number of piperidine rings is 1. The van der Waals surface area contributed by atoms with Crippen molar-refractivity contribution < 1.29 is 65.7 Å². The SMILES string of the molecule is CCCN1CC[C@H](C(=O)NO)[C@H](NC(=O)c2ccc(OCc3cc(C)nc4ccccc34)cc2)C1.O=C(O)C(F)(F)F.O=C(O)C(F)(F)F. The van der Waals surface area contributed by atoms with Crippen molar-refractivity contribution in [2.45, 2.75) is 51.7 Å². The number of aliphatic carboxylic acids is 2. The minimum Gasteiger partial charge on any atom is -0.489 e. The molecule has 2 amide bonds. The van der Waals surface area contributed by atoms with E-state index in [1.807, 2.05) is 37.3 Å². The standard InChI is InChI=1S/C27H32N4O4.2C2HF3O2/c1-3-13-31-14-12-23(27(33)30-34)25(16-31)29-26(32)19-8-10-21(11-9-19)35-17-20-15-18(2)28-24-7-5-4-6-22(20)24;2*3-2(4,5)1(6)7/h4-11,15,23,25,34H,3,12-14,16-17H2,1-2H3,(H,29,32)(H,30,33);2*(H,6,7)/t23-,25+;;/m0../s1. The highest BCUT2D eigenvalue weighted by Crippen LogP contribution is 2.22. The first-order valence-electron chi connectivity index (χ1n) is 14.5. The van der Waals surface area contributed by atoms with Crippen LogP contribution < -0.4 is 15.5 Å². The number of rotatable bonds is 8. The number of fused-ring (bicyclic) bond motifs is 1. The Bertz CT molecular complexity index is 1560. The second kappa shape index (κ2) is 18.0. The fourth-order valence-corrected chi connectivity index (χ4v) is 4.71. The lowest BCUT2D eigenvalue weighted by Crippen LogP contribution is -2.56. The van der Waals surface area contributed by atoms with Crippen molar-refractivity contribution in [3.05, 3.63) is 71.4 Å². The van der Waals surface area contributed by atoms with Crippen LogP contribution in [0.4, 0.5) is 26.3 Å². The van der Waals surface area contributed by atoms with Gasteiger partial charge in [-0.3, -0.25) is 19.8 Å². The van der Waals surface area contributed by atoms with Gasteiger partial charge in [-0.2, -0.15) is 26.3 Å². The average molecular weight is 705 g/mol. The van der Waals surface area contributed by atoms with Gasteiger partial charge >= 0.3 is 24.3 Å². The van der Waals surface area contributed by atoms with E-state index in [0.29, 0.717) is 30.9 Å². The van der Waals surface area contributed by atoms with Crippen LogP contribution >= 0.6 is 0 Å². The fourth-order valence-electron chi connectivity index (χ4n) is 4.71. The molecule has 2 aromatic carbocycles. The molecule has 4 rings (SSSR count). The van der Waals surface area contributed by atoms with Crippen molar-refractivity contribution in [1.29, 1.82) is 0 Å². The Labute approximate surface area is 275 Å². The molecule has 0 unspecified atom stereocenters. The number of nitrogens with zero attached hydrogens (tertiary/aromatic N) is 2. The quantitative estimate of drug-likeness (QED) is 0.125. The summed E-state index contributed by atoms with van der Waals surface area (Å²) in [4.78, 5) is 49.7. The minimum atomic E-state index is -5.08. The van der Waals surface area contributed by atoms with E-state index >= 15 is 0 Å². The van der Waals surface area contributed by atoms with Crippen molar-refractivity contribution >= 4 is 34.7 Å². The molecule has 0 saturated carbocycles. The molecule has 3 aromatic rings. The fraction of sp³-hybridized carbons (Fsp3) is 0.387. The number of ether oxygens (including phenoxy) is 1. The van der Waals surface area contributed by atoms with Gasteiger partial charge in [-0.15, -0.1) is 0 Å². The lowest BCUT2D eigenvalue weighted by molar-refractivity contribution is -0.193. The number of carboxylic acids is 2. The molecule has 1 aromatic heterocycles. The van der Waals surface area contributed by atoms with Crippen LogP contribution in [-0.2, 0) is 21.0 Å². The highest BCUT2D eigenvalue weighted by molar-refractivity contribution is 5.95. The van der Waals surface area contributed by atoms with Gasteiger partial charge in [-0.25, -0.2) is 15.1 Å². The predicted molar refractivity (Wildman–Crippen MR) is 161 cm³/mol. The minimum absolute atomic E-state index is 0.258. The first-order chi connectivity index (χ1) is 22.9. The third-order valence-electron chi connectivity index (χ3n) is 6.93. The highest BCUT2D eigenvalue weighted by atomic mass is 19.4. The molecule has 1 saturated heterocycles. The zero-order valence-corrected chi connectivity index (χ0v) is 26.1. The van der Waals surface area contributed by atoms with Crippen molar-refractivity contribution in [2.24, 2.45) is 5.92 Å². The number of hydroxylamine groups is 1. The van der Waals surface area contributed by atoms with E-state index in [1.165, 1.54) is 0 Å². The van der Waals surface area contributed by atoms with Crippen LogP contribution in [0.1, 0.15) is 41.4 Å². The van der Waals surface area contributed by atoms with Gasteiger partial charge in [-0.05, 0) is 69.3 Å². The van der Waals surface area contributed by atoms with E-state index in [4.69, 9.17) is 29.7 Å². The lowest BCUT2D eigenvalue weighted by Gasteiger charge is -2.37. The summed E-state index contributed by atoms with van der Waals surface area (Å²) in [6.07, 6.45) is -8.60. The summed E-state index contributed by atoms with van der Waals surface area (Å²) in [5, 5.41) is 27.4. The largest absolute Gasteiger partial charge is 0.490 e. The zero-order chi connectivity index (χ0) is 36.9. The molecule has 2 heterocycles. The maximum absolute atomic E-state index is 12.9. The number of aromatic nitrogens is 1. The van der Waals surface area contributed by atoms with Crippen molar-refractivity contribution in [3.8, 4) is 5.75 Å². The Morgan fingerprint density at radius 2 is 1.53 bits per heavy atom. The average Bonchev–Trinajstić information content (AvgIpc) is 3.03. The van der Waals surface area contributed by atoms with Gasteiger partial charge in [0.05, 0.1) is 17.5 Å². The first kappa shape index (κ1) is 40.2. The number of hydrogen-bond acceptors (Lipinski definition) is 8. The number of para-hydroxylation sites is 1. The zero-order valence-electron chi connectivity index (χ0n) is 26.1. The Kier molecular flexibility index (Phi) is 14.7. The third-order valence-corrected chi connectivity index (χ3v) is 6.93. The second-order valence-corrected chi connectivity index (χ2v) is 10.6. The monoisotopic (exact) mass is 704 g/mol. The molecule has 1 fully saturated rings. The molecule has 2 atom stereocenters. The topological polar surface area (TPSA) is 178 Å². The number of alkyl halides is 6. The smallest absolute Gasteiger partial charge is 0.489 e. The van der Waals surface area contributed by atoms with Crippen molar-refractivity contribution in [1.82, 2.24) is 20.7 Å². The Morgan fingerprint density at radius 3 is 2.06 bits per heavy atom. The second-order valence-electron chi connectivity index (χ2n) is 10.6. The number of likely N-dealkylation sites (tertiary alicyclic amines) is 1. The summed E-state index contributed by atoms with van der Waals surface area (Å²) in [6.45, 7) is 6.68. The molecule has 0 spiro atoms. The number of carbonyl (C=O) groups is 4. The number of aryl methyl sites for hydroxylation is 1. The summed E-state index contributed by atoms with van der Waals surface area (Å²) >= 11 is 0. The molecule has 0 bridgehead atoms. The number of carbonyl (C=O) groups excluding carboxylic acids is 2. The van der Waals surface area contributed by atoms with E-state index in [0.717, 1.165) is 41.7 Å². The molecule has 1 aliphatic rings. The van der Waals surface area contributed by atoms with Crippen LogP contribution in [0.2, 0.25) is 0 Å².